The van der Waals surface area contributed by atoms with Gasteiger partial charge in [-0.25, -0.2) is 9.97 Å². The summed E-state index contributed by atoms with van der Waals surface area (Å²) in [4.78, 5) is 28.4. The van der Waals surface area contributed by atoms with Crippen molar-refractivity contribution in [3.8, 4) is 0 Å². The second kappa shape index (κ2) is 32.8. The van der Waals surface area contributed by atoms with Crippen LogP contribution in [0.25, 0.3) is 21.9 Å². The van der Waals surface area contributed by atoms with E-state index in [0.717, 1.165) is 48.1 Å². The number of unbranched alkanes of at least 4 members (excludes halogenated alkanes) is 20. The van der Waals surface area contributed by atoms with Gasteiger partial charge in [0.1, 0.15) is 23.5 Å². The Kier molecular flexibility index (Phi) is 28.4. The van der Waals surface area contributed by atoms with Crippen LogP contribution in [0.4, 0.5) is 5.82 Å². The van der Waals surface area contributed by atoms with E-state index in [0.29, 0.717) is 37.5 Å². The molecule has 0 fully saturated rings. The van der Waals surface area contributed by atoms with Crippen LogP contribution in [0, 0.1) is 0 Å². The maximum absolute atomic E-state index is 13.3. The number of fused-ring (bicyclic) bond motifs is 3. The van der Waals surface area contributed by atoms with Gasteiger partial charge in [-0.05, 0) is 105 Å². The van der Waals surface area contributed by atoms with Crippen LogP contribution in [0.1, 0.15) is 214 Å². The van der Waals surface area contributed by atoms with Gasteiger partial charge in [0.05, 0.1) is 17.6 Å². The van der Waals surface area contributed by atoms with E-state index in [9.17, 15) is 4.79 Å². The summed E-state index contributed by atoms with van der Waals surface area (Å²) in [6, 6.07) is 7.99. The quantitative estimate of drug-likeness (QED) is 0.0446. The number of hydrogen-bond acceptors (Lipinski definition) is 8. The molecule has 0 spiro atoms. The van der Waals surface area contributed by atoms with E-state index in [1.54, 1.807) is 0 Å². The molecule has 0 aliphatic rings. The number of esters is 1. The zero-order valence-corrected chi connectivity index (χ0v) is 41.1. The summed E-state index contributed by atoms with van der Waals surface area (Å²) < 4.78 is 14.1. The second-order valence-electron chi connectivity index (χ2n) is 18.9. The van der Waals surface area contributed by atoms with Crippen LogP contribution in [0.5, 0.6) is 0 Å². The Balaban J connectivity index is 1.51. The Morgan fingerprint density at radius 3 is 1.56 bits per heavy atom. The average molecular weight is 863 g/mol. The summed E-state index contributed by atoms with van der Waals surface area (Å²) in [5, 5.41) is 0.972. The van der Waals surface area contributed by atoms with Crippen molar-refractivity contribution in [3.05, 3.63) is 30.1 Å². The van der Waals surface area contributed by atoms with Crippen molar-refractivity contribution in [2.75, 3.05) is 51.6 Å². The Labute approximate surface area is 380 Å². The standard InChI is InChI=1S/C53H94N6O3/c1-7-11-14-17-20-23-30-38-57(39-31-24-21-18-15-12-8-2)42-34-43-58(40-32-25-22-19-16-13-9-3)41-33-26-27-37-49(60)62-53(5,6)45-59-48(44-61-10-4)56-50-51(59)46-35-28-29-36-47(46)55-52(50)54/h28-29,35-36H,7-27,30-34,37-45H2,1-6H3,(H2,54,55). The number of nitrogens with zero attached hydrogens (tertiary/aromatic N) is 5. The molecular formula is C53H94N6O3. The molecule has 2 aromatic heterocycles. The molecule has 3 aromatic rings. The molecule has 2 heterocycles. The SMILES string of the molecule is CCCCCCCCCN(CCCCCCCCC)CCCN(CCCCCCCCC)CCCCCC(=O)OC(C)(C)Cn1c(COCC)nc2c(N)nc3ccccc3c21. The molecule has 0 aliphatic heterocycles. The fraction of sp³-hybridized carbons (Fsp3) is 0.792. The normalized spacial score (nSPS) is 12.2. The Hall–Kier alpha value is -2.75. The topological polar surface area (TPSA) is 98.7 Å². The first-order valence-electron chi connectivity index (χ1n) is 26.0. The lowest BCUT2D eigenvalue weighted by Gasteiger charge is -2.27. The highest BCUT2D eigenvalue weighted by Crippen LogP contribution is 2.31. The van der Waals surface area contributed by atoms with Crippen molar-refractivity contribution < 1.29 is 14.3 Å². The lowest BCUT2D eigenvalue weighted by Crippen LogP contribution is -2.34. The first kappa shape index (κ1) is 53.6. The Bertz CT molecular complexity index is 1570. The van der Waals surface area contributed by atoms with Crippen molar-refractivity contribution in [2.45, 2.75) is 227 Å². The van der Waals surface area contributed by atoms with E-state index in [4.69, 9.17) is 20.2 Å². The maximum atomic E-state index is 13.3. The lowest BCUT2D eigenvalue weighted by atomic mass is 10.1. The summed E-state index contributed by atoms with van der Waals surface area (Å²) in [5.74, 6) is 1.01. The number of rotatable bonds is 40. The van der Waals surface area contributed by atoms with Crippen LogP contribution in [0.2, 0.25) is 0 Å². The zero-order valence-electron chi connectivity index (χ0n) is 41.1. The number of aromatic nitrogens is 3. The number of hydrogen-bond donors (Lipinski definition) is 1. The van der Waals surface area contributed by atoms with Crippen molar-refractivity contribution in [3.63, 3.8) is 0 Å². The van der Waals surface area contributed by atoms with Gasteiger partial charge in [-0.1, -0.05) is 161 Å². The van der Waals surface area contributed by atoms with E-state index in [1.807, 2.05) is 45.0 Å². The number of nitrogen functional groups attached to an aromatic ring is 1. The molecule has 0 saturated carbocycles. The predicted octanol–water partition coefficient (Wildman–Crippen LogP) is 13.8. The zero-order chi connectivity index (χ0) is 44.7. The van der Waals surface area contributed by atoms with Crippen LogP contribution in [0.3, 0.4) is 0 Å². The molecule has 62 heavy (non-hydrogen) atoms. The number of benzene rings is 1. The van der Waals surface area contributed by atoms with Gasteiger partial charge < -0.3 is 29.6 Å². The minimum Gasteiger partial charge on any atom is -0.458 e. The van der Waals surface area contributed by atoms with Crippen LogP contribution in [-0.2, 0) is 27.4 Å². The van der Waals surface area contributed by atoms with Crippen LogP contribution >= 0.6 is 0 Å². The summed E-state index contributed by atoms with van der Waals surface area (Å²) in [6.07, 6.45) is 33.5. The third kappa shape index (κ3) is 21.8. The highest BCUT2D eigenvalue weighted by atomic mass is 16.6. The molecule has 0 amide bonds. The van der Waals surface area contributed by atoms with Crippen molar-refractivity contribution in [1.29, 1.82) is 0 Å². The number of carbonyl (C=O) groups is 1. The van der Waals surface area contributed by atoms with E-state index < -0.39 is 5.60 Å². The molecule has 3 rings (SSSR count). The first-order chi connectivity index (χ1) is 30.2. The maximum Gasteiger partial charge on any atom is 0.306 e. The number of nitrogens with two attached hydrogens (primary N) is 1. The molecule has 0 saturated heterocycles. The van der Waals surface area contributed by atoms with E-state index in [-0.39, 0.29) is 5.97 Å². The van der Waals surface area contributed by atoms with Gasteiger partial charge in [-0.2, -0.15) is 0 Å². The molecule has 0 atom stereocenters. The van der Waals surface area contributed by atoms with Crippen LogP contribution in [-0.4, -0.2) is 81.8 Å². The fourth-order valence-corrected chi connectivity index (χ4v) is 9.00. The van der Waals surface area contributed by atoms with Crippen molar-refractivity contribution in [1.82, 2.24) is 24.3 Å². The van der Waals surface area contributed by atoms with Crippen molar-refractivity contribution >= 4 is 33.7 Å². The summed E-state index contributed by atoms with van der Waals surface area (Å²) in [7, 11) is 0. The number of carbonyl (C=O) groups excluding carboxylic acids is 1. The van der Waals surface area contributed by atoms with E-state index in [2.05, 4.69) is 40.1 Å². The Morgan fingerprint density at radius 2 is 1.06 bits per heavy atom. The molecule has 354 valence electrons. The Morgan fingerprint density at radius 1 is 0.613 bits per heavy atom. The van der Waals surface area contributed by atoms with Gasteiger partial charge in [0, 0.05) is 18.4 Å². The fourth-order valence-electron chi connectivity index (χ4n) is 9.00. The van der Waals surface area contributed by atoms with Crippen LogP contribution in [0.15, 0.2) is 24.3 Å². The largest absolute Gasteiger partial charge is 0.458 e. The van der Waals surface area contributed by atoms with E-state index in [1.165, 1.54) is 174 Å². The van der Waals surface area contributed by atoms with Gasteiger partial charge in [0.15, 0.2) is 5.82 Å². The van der Waals surface area contributed by atoms with Crippen LogP contribution < -0.4 is 5.73 Å². The van der Waals surface area contributed by atoms with Gasteiger partial charge in [0.2, 0.25) is 0 Å². The molecule has 9 heteroatoms. The van der Waals surface area contributed by atoms with Crippen molar-refractivity contribution in [2.24, 2.45) is 0 Å². The smallest absolute Gasteiger partial charge is 0.306 e. The van der Waals surface area contributed by atoms with Gasteiger partial charge in [-0.3, -0.25) is 4.79 Å². The molecule has 0 bridgehead atoms. The van der Waals surface area contributed by atoms with Gasteiger partial charge in [-0.15, -0.1) is 0 Å². The molecule has 0 unspecified atom stereocenters. The first-order valence-corrected chi connectivity index (χ1v) is 26.0. The minimum atomic E-state index is -0.755. The average Bonchev–Trinajstić information content (AvgIpc) is 3.61. The van der Waals surface area contributed by atoms with Gasteiger partial charge >= 0.3 is 5.97 Å². The third-order valence-corrected chi connectivity index (χ3v) is 12.6. The molecule has 1 aromatic carbocycles. The predicted molar refractivity (Wildman–Crippen MR) is 265 cm³/mol. The third-order valence-electron chi connectivity index (χ3n) is 12.6. The number of imidazole rings is 1. The molecule has 0 radical (unpaired) electrons. The number of pyridine rings is 1. The molecule has 9 nitrogen and oxygen atoms in total. The number of para-hydroxylation sites is 1. The minimum absolute atomic E-state index is 0.140. The summed E-state index contributed by atoms with van der Waals surface area (Å²) in [5.41, 5.74) is 8.04. The van der Waals surface area contributed by atoms with E-state index >= 15 is 0 Å². The summed E-state index contributed by atoms with van der Waals surface area (Å²) in [6.45, 7) is 21.5. The van der Waals surface area contributed by atoms with Gasteiger partial charge in [0.25, 0.3) is 0 Å². The molecule has 0 aliphatic carbocycles. The molecular weight excluding hydrogens is 769 g/mol. The second-order valence-corrected chi connectivity index (χ2v) is 18.9. The monoisotopic (exact) mass is 863 g/mol. The highest BCUT2D eigenvalue weighted by molar-refractivity contribution is 6.06. The highest BCUT2D eigenvalue weighted by Gasteiger charge is 2.28. The number of ether oxygens (including phenoxy) is 2. The number of anilines is 1. The lowest BCUT2D eigenvalue weighted by molar-refractivity contribution is -0.157. The molecule has 2 N–H and O–H groups in total. The summed E-state index contributed by atoms with van der Waals surface area (Å²) >= 11 is 0.